The highest BCUT2D eigenvalue weighted by Crippen LogP contribution is 2.20. The Balaban J connectivity index is 2.23. The van der Waals surface area contributed by atoms with E-state index in [1.54, 1.807) is 6.20 Å². The number of nitrogens with one attached hydrogen (secondary N) is 3. The van der Waals surface area contributed by atoms with E-state index < -0.39 is 17.9 Å². The van der Waals surface area contributed by atoms with Gasteiger partial charge >= 0.3 is 6.03 Å². The van der Waals surface area contributed by atoms with Crippen molar-refractivity contribution >= 4 is 29.3 Å². The third-order valence-electron chi connectivity index (χ3n) is 4.83. The molecule has 3 N–H and O–H groups in total. The summed E-state index contributed by atoms with van der Waals surface area (Å²) < 4.78 is 0. The molecule has 2 bridgehead atoms. The molecule has 1 fully saturated rings. The van der Waals surface area contributed by atoms with E-state index in [0.29, 0.717) is 6.42 Å². The molecule has 154 valence electrons. The normalized spacial score (nSPS) is 25.4. The highest BCUT2D eigenvalue weighted by atomic mass is 16.2. The summed E-state index contributed by atoms with van der Waals surface area (Å²) in [6.45, 7) is -0.0898. The van der Waals surface area contributed by atoms with Gasteiger partial charge in [-0.05, 0) is 19.3 Å². The lowest BCUT2D eigenvalue weighted by molar-refractivity contribution is -0.130. The van der Waals surface area contributed by atoms with Gasteiger partial charge in [-0.25, -0.2) is 15.6 Å². The fourth-order valence-electron chi connectivity index (χ4n) is 3.25. The molecule has 0 aliphatic carbocycles. The highest BCUT2D eigenvalue weighted by molar-refractivity contribution is 5.92. The number of fused-ring (bicyclic) bond motifs is 7. The predicted molar refractivity (Wildman–Crippen MR) is 100 cm³/mol. The van der Waals surface area contributed by atoms with Crippen molar-refractivity contribution in [3.63, 3.8) is 0 Å². The molecule has 0 radical (unpaired) electrons. The molecule has 0 saturated carbocycles. The first-order chi connectivity index (χ1) is 13.4. The first-order valence-corrected chi connectivity index (χ1v) is 9.79. The molecule has 1 saturated heterocycles. The Morgan fingerprint density at radius 3 is 2.46 bits per heavy atom. The summed E-state index contributed by atoms with van der Waals surface area (Å²) in [4.78, 5) is 60.9. The molecule has 0 aromatic carbocycles. The number of urea groups is 1. The van der Waals surface area contributed by atoms with Gasteiger partial charge < -0.3 is 0 Å². The van der Waals surface area contributed by atoms with Gasteiger partial charge in [0.25, 0.3) is 0 Å². The molecule has 0 spiro atoms. The topological polar surface area (TPSA) is 125 Å². The summed E-state index contributed by atoms with van der Waals surface area (Å²) in [5.74, 6) is -1.36. The molecule has 3 amide bonds. The van der Waals surface area contributed by atoms with Crippen LogP contribution in [0.4, 0.5) is 4.79 Å². The third-order valence-corrected chi connectivity index (χ3v) is 4.83. The number of carbonyl (C=O) groups excluding carboxylic acids is 5. The molecule has 0 aromatic heterocycles. The fourth-order valence-corrected chi connectivity index (χ4v) is 3.25. The smallest absolute Gasteiger partial charge is 0.300 e. The number of ketones is 3. The Labute approximate surface area is 164 Å². The van der Waals surface area contributed by atoms with Crippen LogP contribution in [0.1, 0.15) is 64.2 Å². The van der Waals surface area contributed by atoms with Gasteiger partial charge in [0.2, 0.25) is 5.91 Å². The summed E-state index contributed by atoms with van der Waals surface area (Å²) in [5, 5.41) is 1.34. The standard InChI is InChI=1S/C19H28N4O5/c24-15-7-8-16(25)13-23-11-5-3-1-2-4-6-14(12-15)17(26)9-10-18(27)20-21-19(28)22-23/h5,11,14H,1-4,6-10,12-13H2,(H,20,27)(H2,21,22,28)/b11-5-. The second-order valence-electron chi connectivity index (χ2n) is 7.21. The maximum absolute atomic E-state index is 12.5. The lowest BCUT2D eigenvalue weighted by Crippen LogP contribution is -2.52. The van der Waals surface area contributed by atoms with Gasteiger partial charge in [0.05, 0.1) is 6.54 Å². The van der Waals surface area contributed by atoms with Gasteiger partial charge in [-0.1, -0.05) is 18.9 Å². The molecule has 1 unspecified atom stereocenters. The number of hydrogen-bond acceptors (Lipinski definition) is 6. The summed E-state index contributed by atoms with van der Waals surface area (Å²) in [6, 6.07) is -0.706. The van der Waals surface area contributed by atoms with Gasteiger partial charge in [-0.3, -0.25) is 29.6 Å². The van der Waals surface area contributed by atoms with Crippen LogP contribution in [0.2, 0.25) is 0 Å². The Hall–Kier alpha value is -2.71. The largest absolute Gasteiger partial charge is 0.352 e. The molecule has 2 aliphatic heterocycles. The molecule has 2 rings (SSSR count). The van der Waals surface area contributed by atoms with Crippen LogP contribution in [-0.2, 0) is 19.2 Å². The van der Waals surface area contributed by atoms with Crippen LogP contribution < -0.4 is 16.3 Å². The molecular formula is C19H28N4O5. The summed E-state index contributed by atoms with van der Waals surface area (Å²) in [5.41, 5.74) is 6.92. The second-order valence-corrected chi connectivity index (χ2v) is 7.21. The van der Waals surface area contributed by atoms with Crippen LogP contribution in [0.25, 0.3) is 0 Å². The van der Waals surface area contributed by atoms with Crippen molar-refractivity contribution in [2.24, 2.45) is 5.92 Å². The first-order valence-electron chi connectivity index (χ1n) is 9.79. The number of nitrogens with zero attached hydrogens (tertiary/aromatic N) is 1. The Morgan fingerprint density at radius 1 is 0.857 bits per heavy atom. The van der Waals surface area contributed by atoms with E-state index in [0.717, 1.165) is 25.7 Å². The number of hydrazine groups is 2. The Morgan fingerprint density at radius 2 is 1.64 bits per heavy atom. The average Bonchev–Trinajstić information content (AvgIpc) is 2.66. The maximum atomic E-state index is 12.5. The molecule has 0 aromatic rings. The number of allylic oxidation sites excluding steroid dienone is 1. The van der Waals surface area contributed by atoms with Gasteiger partial charge in [0, 0.05) is 44.2 Å². The van der Waals surface area contributed by atoms with Crippen molar-refractivity contribution in [1.29, 1.82) is 0 Å². The lowest BCUT2D eigenvalue weighted by Gasteiger charge is -2.21. The lowest BCUT2D eigenvalue weighted by atomic mass is 9.88. The average molecular weight is 392 g/mol. The van der Waals surface area contributed by atoms with E-state index in [2.05, 4.69) is 16.3 Å². The van der Waals surface area contributed by atoms with E-state index >= 15 is 0 Å². The molecule has 9 heteroatoms. The number of amides is 3. The molecule has 2 aliphatic rings. The van der Waals surface area contributed by atoms with Crippen LogP contribution >= 0.6 is 0 Å². The van der Waals surface area contributed by atoms with Crippen molar-refractivity contribution in [2.45, 2.75) is 64.2 Å². The highest BCUT2D eigenvalue weighted by Gasteiger charge is 2.23. The molecular weight excluding hydrogens is 364 g/mol. The van der Waals surface area contributed by atoms with Crippen molar-refractivity contribution in [3.8, 4) is 0 Å². The van der Waals surface area contributed by atoms with Gasteiger partial charge in [-0.2, -0.15) is 0 Å². The van der Waals surface area contributed by atoms with E-state index in [1.165, 1.54) is 5.01 Å². The predicted octanol–water partition coefficient (Wildman–Crippen LogP) is 1.30. The summed E-state index contributed by atoms with van der Waals surface area (Å²) >= 11 is 0. The summed E-state index contributed by atoms with van der Waals surface area (Å²) in [7, 11) is 0. The number of rotatable bonds is 0. The van der Waals surface area contributed by atoms with Gasteiger partial charge in [0.1, 0.15) is 11.6 Å². The van der Waals surface area contributed by atoms with E-state index in [4.69, 9.17) is 0 Å². The maximum Gasteiger partial charge on any atom is 0.352 e. The molecule has 28 heavy (non-hydrogen) atoms. The minimum absolute atomic E-state index is 0.0136. The second kappa shape index (κ2) is 11.2. The Kier molecular flexibility index (Phi) is 8.64. The third kappa shape index (κ3) is 7.89. The summed E-state index contributed by atoms with van der Waals surface area (Å²) in [6.07, 6.45) is 7.69. The Bertz CT molecular complexity index is 646. The monoisotopic (exact) mass is 392 g/mol. The minimum atomic E-state index is -0.706. The molecule has 1 atom stereocenters. The van der Waals surface area contributed by atoms with Crippen molar-refractivity contribution < 1.29 is 24.0 Å². The van der Waals surface area contributed by atoms with Crippen LogP contribution in [0, 0.1) is 5.92 Å². The van der Waals surface area contributed by atoms with Gasteiger partial charge in [-0.15, -0.1) is 0 Å². The van der Waals surface area contributed by atoms with Crippen LogP contribution in [0.3, 0.4) is 0 Å². The zero-order valence-electron chi connectivity index (χ0n) is 16.0. The first kappa shape index (κ1) is 21.6. The number of carbonyl (C=O) groups is 5. The van der Waals surface area contributed by atoms with E-state index in [-0.39, 0.29) is 56.0 Å². The molecule has 9 nitrogen and oxygen atoms in total. The van der Waals surface area contributed by atoms with Crippen LogP contribution in [0.15, 0.2) is 12.3 Å². The fraction of sp³-hybridized carbons (Fsp3) is 0.632. The molecule has 2 heterocycles. The van der Waals surface area contributed by atoms with Crippen molar-refractivity contribution in [1.82, 2.24) is 21.3 Å². The van der Waals surface area contributed by atoms with E-state index in [9.17, 15) is 24.0 Å². The SMILES string of the molecule is O=C1CCC(=O)CN2/C=C\CCCCCC(C1)C(=O)CCC(=O)NNC(=O)N2. The van der Waals surface area contributed by atoms with Gasteiger partial charge in [0.15, 0.2) is 5.78 Å². The zero-order valence-corrected chi connectivity index (χ0v) is 16.0. The van der Waals surface area contributed by atoms with E-state index in [1.807, 2.05) is 6.08 Å². The number of hydrogen-bond donors (Lipinski definition) is 3. The number of Topliss-reactive ketones (excluding diaryl/α,β-unsaturated/α-hetero) is 3. The quantitative estimate of drug-likeness (QED) is 0.571. The van der Waals surface area contributed by atoms with Crippen LogP contribution in [-0.4, -0.2) is 40.8 Å². The van der Waals surface area contributed by atoms with Crippen molar-refractivity contribution in [2.75, 3.05) is 6.54 Å². The van der Waals surface area contributed by atoms with Crippen molar-refractivity contribution in [3.05, 3.63) is 12.3 Å². The minimum Gasteiger partial charge on any atom is -0.300 e. The van der Waals surface area contributed by atoms with Crippen LogP contribution in [0.5, 0.6) is 0 Å². The zero-order chi connectivity index (χ0) is 20.4.